The highest BCUT2D eigenvalue weighted by molar-refractivity contribution is 5.99. The fourth-order valence-corrected chi connectivity index (χ4v) is 3.48. The Morgan fingerprint density at radius 2 is 2.09 bits per heavy atom. The largest absolute Gasteiger partial charge is 0.306 e. The van der Waals surface area contributed by atoms with Gasteiger partial charge < -0.3 is 4.90 Å². The number of hydrazone groups is 1. The lowest BCUT2D eigenvalue weighted by atomic mass is 9.78. The summed E-state index contributed by atoms with van der Waals surface area (Å²) in [4.78, 5) is 17.7. The number of rotatable bonds is 3. The van der Waals surface area contributed by atoms with Crippen molar-refractivity contribution in [3.05, 3.63) is 41.9 Å². The number of carbonyl (C=O) groups excluding carboxylic acids is 1. The van der Waals surface area contributed by atoms with Crippen LogP contribution in [0, 0.1) is 5.41 Å². The van der Waals surface area contributed by atoms with E-state index in [1.54, 1.807) is 29.4 Å². The summed E-state index contributed by atoms with van der Waals surface area (Å²) in [6.07, 6.45) is 10.00. The molecule has 0 saturated carbocycles. The molecule has 2 aliphatic rings. The molecule has 1 aliphatic carbocycles. The topological polar surface area (TPSA) is 58.8 Å². The van der Waals surface area contributed by atoms with E-state index >= 15 is 0 Å². The van der Waals surface area contributed by atoms with Crippen LogP contribution < -0.4 is 10.3 Å². The number of hydrogen-bond acceptors (Lipinski definition) is 3. The second-order valence-electron chi connectivity index (χ2n) is 7.28. The molecular weight excluding hydrogens is 288 g/mol. The van der Waals surface area contributed by atoms with Crippen molar-refractivity contribution in [2.45, 2.75) is 39.5 Å². The van der Waals surface area contributed by atoms with Gasteiger partial charge in [0.05, 0.1) is 24.4 Å². The van der Waals surface area contributed by atoms with E-state index in [-0.39, 0.29) is 11.3 Å². The summed E-state index contributed by atoms with van der Waals surface area (Å²) in [6, 6.07) is 3.49. The van der Waals surface area contributed by atoms with Crippen molar-refractivity contribution in [1.82, 2.24) is 10.4 Å². The summed E-state index contributed by atoms with van der Waals surface area (Å²) >= 11 is 0. The SMILES string of the molecule is CC1(C)CC([NH+]2CCCC2)=C/C(=N\NC(=O)c2cccnc2)C1. The molecule has 0 atom stereocenters. The Kier molecular flexibility index (Phi) is 4.57. The van der Waals surface area contributed by atoms with Crippen LogP contribution >= 0.6 is 0 Å². The third-order valence-electron chi connectivity index (χ3n) is 4.56. The number of carbonyl (C=O) groups is 1. The zero-order valence-electron chi connectivity index (χ0n) is 13.9. The van der Waals surface area contributed by atoms with Crippen LogP contribution in [0.5, 0.6) is 0 Å². The molecule has 1 aliphatic heterocycles. The quantitative estimate of drug-likeness (QED) is 0.832. The molecule has 0 spiro atoms. The number of hydrogen-bond donors (Lipinski definition) is 2. The molecule has 3 rings (SSSR count). The molecule has 23 heavy (non-hydrogen) atoms. The molecule has 1 fully saturated rings. The molecule has 0 radical (unpaired) electrons. The molecule has 5 nitrogen and oxygen atoms in total. The van der Waals surface area contributed by atoms with Crippen LogP contribution in [-0.2, 0) is 0 Å². The minimum absolute atomic E-state index is 0.192. The average Bonchev–Trinajstić information content (AvgIpc) is 3.06. The zero-order chi connectivity index (χ0) is 16.3. The first-order chi connectivity index (χ1) is 11.0. The van der Waals surface area contributed by atoms with E-state index in [4.69, 9.17) is 0 Å². The fraction of sp³-hybridized carbons (Fsp3) is 0.500. The van der Waals surface area contributed by atoms with E-state index in [1.807, 2.05) is 0 Å². The van der Waals surface area contributed by atoms with E-state index in [0.29, 0.717) is 5.56 Å². The van der Waals surface area contributed by atoms with Gasteiger partial charge in [-0.2, -0.15) is 5.10 Å². The van der Waals surface area contributed by atoms with Crippen LogP contribution in [0.25, 0.3) is 0 Å². The smallest absolute Gasteiger partial charge is 0.272 e. The second-order valence-corrected chi connectivity index (χ2v) is 7.28. The van der Waals surface area contributed by atoms with Crippen LogP contribution in [0.2, 0.25) is 0 Å². The van der Waals surface area contributed by atoms with Gasteiger partial charge in [0.25, 0.3) is 5.91 Å². The molecule has 0 bridgehead atoms. The molecule has 0 unspecified atom stereocenters. The third kappa shape index (κ3) is 4.05. The Balaban J connectivity index is 1.74. The van der Waals surface area contributed by atoms with E-state index in [1.165, 1.54) is 31.6 Å². The first-order valence-electron chi connectivity index (χ1n) is 8.36. The van der Waals surface area contributed by atoms with Gasteiger partial charge in [0.1, 0.15) is 5.70 Å². The summed E-state index contributed by atoms with van der Waals surface area (Å²) in [5.41, 5.74) is 5.80. The van der Waals surface area contributed by atoms with E-state index in [2.05, 4.69) is 35.4 Å². The van der Waals surface area contributed by atoms with Crippen molar-refractivity contribution in [1.29, 1.82) is 0 Å². The molecule has 1 aromatic heterocycles. The second kappa shape index (κ2) is 6.62. The number of nitrogens with zero attached hydrogens (tertiary/aromatic N) is 2. The molecule has 0 aromatic carbocycles. The Morgan fingerprint density at radius 1 is 1.30 bits per heavy atom. The minimum Gasteiger partial charge on any atom is -0.306 e. The predicted octanol–water partition coefficient (Wildman–Crippen LogP) is 1.55. The highest BCUT2D eigenvalue weighted by Crippen LogP contribution is 2.32. The van der Waals surface area contributed by atoms with Gasteiger partial charge in [-0.05, 0) is 24.0 Å². The van der Waals surface area contributed by atoms with Gasteiger partial charge in [0.2, 0.25) is 0 Å². The highest BCUT2D eigenvalue weighted by atomic mass is 16.2. The molecule has 1 aromatic rings. The van der Waals surface area contributed by atoms with Gasteiger partial charge in [-0.1, -0.05) is 13.8 Å². The number of aromatic nitrogens is 1. The first kappa shape index (κ1) is 15.9. The van der Waals surface area contributed by atoms with Gasteiger partial charge in [-0.15, -0.1) is 0 Å². The van der Waals surface area contributed by atoms with Crippen LogP contribution in [0.3, 0.4) is 0 Å². The molecule has 1 amide bonds. The summed E-state index contributed by atoms with van der Waals surface area (Å²) in [7, 11) is 0. The van der Waals surface area contributed by atoms with Crippen molar-refractivity contribution in [2.75, 3.05) is 13.1 Å². The van der Waals surface area contributed by atoms with Crippen molar-refractivity contribution in [3.8, 4) is 0 Å². The van der Waals surface area contributed by atoms with Crippen molar-refractivity contribution >= 4 is 11.6 Å². The molecule has 2 N–H and O–H groups in total. The van der Waals surface area contributed by atoms with E-state index in [9.17, 15) is 4.79 Å². The summed E-state index contributed by atoms with van der Waals surface area (Å²) < 4.78 is 0. The van der Waals surface area contributed by atoms with Gasteiger partial charge in [0.15, 0.2) is 0 Å². The van der Waals surface area contributed by atoms with Crippen LogP contribution in [0.1, 0.15) is 49.9 Å². The first-order valence-corrected chi connectivity index (χ1v) is 8.36. The highest BCUT2D eigenvalue weighted by Gasteiger charge is 2.33. The summed E-state index contributed by atoms with van der Waals surface area (Å²) in [6.45, 7) is 6.98. The van der Waals surface area contributed by atoms with Gasteiger partial charge in [0, 0.05) is 37.7 Å². The summed E-state index contributed by atoms with van der Waals surface area (Å²) in [5, 5.41) is 4.38. The lowest BCUT2D eigenvalue weighted by Gasteiger charge is -2.31. The molecule has 122 valence electrons. The molecular formula is C18H25N4O+. The standard InChI is InChI=1S/C18H24N4O/c1-18(2)11-15(10-16(12-18)22-8-3-4-9-22)20-21-17(23)14-6-5-7-19-13-14/h5-7,10,13H,3-4,8-9,11-12H2,1-2H3,(H,21,23)/p+1/b20-15+. The predicted molar refractivity (Wildman–Crippen MR) is 90.2 cm³/mol. The summed E-state index contributed by atoms with van der Waals surface area (Å²) in [5.74, 6) is -0.211. The maximum Gasteiger partial charge on any atom is 0.272 e. The van der Waals surface area contributed by atoms with E-state index in [0.717, 1.165) is 18.6 Å². The Labute approximate surface area is 137 Å². The lowest BCUT2D eigenvalue weighted by Crippen LogP contribution is -3.08. The van der Waals surface area contributed by atoms with Gasteiger partial charge in [-0.3, -0.25) is 9.78 Å². The normalized spacial score (nSPS) is 22.9. The monoisotopic (exact) mass is 313 g/mol. The van der Waals surface area contributed by atoms with Crippen molar-refractivity contribution in [2.24, 2.45) is 10.5 Å². The Morgan fingerprint density at radius 3 is 2.78 bits per heavy atom. The number of quaternary nitrogens is 1. The number of nitrogens with one attached hydrogen (secondary N) is 2. The maximum absolute atomic E-state index is 12.1. The Bertz CT molecular complexity index is 628. The van der Waals surface area contributed by atoms with Gasteiger partial charge in [-0.25, -0.2) is 5.43 Å². The molecule has 1 saturated heterocycles. The zero-order valence-corrected chi connectivity index (χ0v) is 13.9. The fourth-order valence-electron chi connectivity index (χ4n) is 3.48. The lowest BCUT2D eigenvalue weighted by molar-refractivity contribution is -0.849. The minimum atomic E-state index is -0.211. The Hall–Kier alpha value is -2.01. The van der Waals surface area contributed by atoms with Crippen LogP contribution in [0.4, 0.5) is 0 Å². The third-order valence-corrected chi connectivity index (χ3v) is 4.56. The van der Waals surface area contributed by atoms with Crippen LogP contribution in [-0.4, -0.2) is 29.7 Å². The number of amides is 1. The molecule has 2 heterocycles. The van der Waals surface area contributed by atoms with E-state index < -0.39 is 0 Å². The number of pyridine rings is 1. The van der Waals surface area contributed by atoms with Crippen molar-refractivity contribution < 1.29 is 9.69 Å². The number of likely N-dealkylation sites (tertiary alicyclic amines) is 1. The average molecular weight is 313 g/mol. The molecule has 5 heteroatoms. The van der Waals surface area contributed by atoms with Crippen molar-refractivity contribution in [3.63, 3.8) is 0 Å². The maximum atomic E-state index is 12.1. The van der Waals surface area contributed by atoms with Gasteiger partial charge >= 0.3 is 0 Å². The van der Waals surface area contributed by atoms with Crippen LogP contribution in [0.15, 0.2) is 41.4 Å². The number of allylic oxidation sites excluding steroid dienone is 2.